The number of allylic oxidation sites excluding steroid dienone is 2. The quantitative estimate of drug-likeness (QED) is 0.637. The second-order valence-corrected chi connectivity index (χ2v) is 7.56. The fourth-order valence-electron chi connectivity index (χ4n) is 3.84. The molecule has 3 rings (SSSR count). The van der Waals surface area contributed by atoms with E-state index in [1.54, 1.807) is 0 Å². The van der Waals surface area contributed by atoms with Crippen molar-refractivity contribution >= 4 is 5.69 Å². The van der Waals surface area contributed by atoms with Gasteiger partial charge in [-0.2, -0.15) is 0 Å². The van der Waals surface area contributed by atoms with Crippen LogP contribution in [-0.2, 0) is 15.9 Å². The average Bonchev–Trinajstić information content (AvgIpc) is 2.66. The highest BCUT2D eigenvalue weighted by atomic mass is 16.5. The lowest BCUT2D eigenvalue weighted by molar-refractivity contribution is 0.0583. The average molecular weight is 371 g/mol. The molecule has 1 aromatic carbocycles. The number of morpholine rings is 1. The highest BCUT2D eigenvalue weighted by Crippen LogP contribution is 2.29. The van der Waals surface area contributed by atoms with Crippen molar-refractivity contribution in [3.8, 4) is 0 Å². The molecule has 1 fully saturated rings. The zero-order valence-corrected chi connectivity index (χ0v) is 17.0. The van der Waals surface area contributed by atoms with Crippen molar-refractivity contribution in [2.24, 2.45) is 0 Å². The third-order valence-corrected chi connectivity index (χ3v) is 5.10. The number of nitrogens with one attached hydrogen (secondary N) is 1. The molecule has 0 aromatic heterocycles. The lowest BCUT2D eigenvalue weighted by Gasteiger charge is -2.38. The summed E-state index contributed by atoms with van der Waals surface area (Å²) in [5, 5.41) is 3.55. The molecule has 4 heteroatoms. The fourth-order valence-corrected chi connectivity index (χ4v) is 3.84. The van der Waals surface area contributed by atoms with Gasteiger partial charge >= 0.3 is 0 Å². The Hall–Kier alpha value is -1.94. The molecule has 148 valence electrons. The number of rotatable bonds is 9. The van der Waals surface area contributed by atoms with Gasteiger partial charge in [-0.3, -0.25) is 0 Å². The van der Waals surface area contributed by atoms with E-state index in [0.717, 1.165) is 57.7 Å². The Bertz CT molecular complexity index is 651. The minimum atomic E-state index is 0.270. The minimum absolute atomic E-state index is 0.270. The summed E-state index contributed by atoms with van der Waals surface area (Å²) in [5.41, 5.74) is 3.81. The molecule has 2 aliphatic rings. The Kier molecular flexibility index (Phi) is 7.22. The van der Waals surface area contributed by atoms with Crippen molar-refractivity contribution in [3.63, 3.8) is 0 Å². The number of benzene rings is 1. The molecule has 0 spiro atoms. The second kappa shape index (κ2) is 9.84. The molecule has 0 saturated carbocycles. The number of hydrogen-bond donors (Lipinski definition) is 1. The van der Waals surface area contributed by atoms with Gasteiger partial charge in [0.2, 0.25) is 0 Å². The van der Waals surface area contributed by atoms with Crippen molar-refractivity contribution in [3.05, 3.63) is 53.4 Å². The summed E-state index contributed by atoms with van der Waals surface area (Å²) in [6.45, 7) is 10.1. The van der Waals surface area contributed by atoms with E-state index in [9.17, 15) is 0 Å². The van der Waals surface area contributed by atoms with Crippen LogP contribution in [0, 0.1) is 0 Å². The number of hydrogen-bond acceptors (Lipinski definition) is 4. The van der Waals surface area contributed by atoms with Crippen LogP contribution in [0.25, 0.3) is 0 Å². The first-order chi connectivity index (χ1) is 13.2. The van der Waals surface area contributed by atoms with Gasteiger partial charge in [0.1, 0.15) is 11.9 Å². The van der Waals surface area contributed by atoms with Crippen LogP contribution in [0.15, 0.2) is 47.9 Å². The van der Waals surface area contributed by atoms with Crippen molar-refractivity contribution < 1.29 is 9.47 Å². The third-order valence-electron chi connectivity index (χ3n) is 5.10. The summed E-state index contributed by atoms with van der Waals surface area (Å²) >= 11 is 0. The summed E-state index contributed by atoms with van der Waals surface area (Å²) in [6, 6.07) is 8.75. The van der Waals surface area contributed by atoms with E-state index in [0.29, 0.717) is 0 Å². The van der Waals surface area contributed by atoms with Crippen LogP contribution >= 0.6 is 0 Å². The largest absolute Gasteiger partial charge is 0.487 e. The van der Waals surface area contributed by atoms with Gasteiger partial charge in [0.05, 0.1) is 18.3 Å². The molecular weight excluding hydrogens is 336 g/mol. The SMILES string of the molecule is CCOC(C)Cc1ccc(NCCCN2CC(C)OC3=CCCC=C32)cc1. The topological polar surface area (TPSA) is 33.7 Å². The van der Waals surface area contributed by atoms with Crippen molar-refractivity contribution in [1.82, 2.24) is 4.90 Å². The van der Waals surface area contributed by atoms with Crippen LogP contribution in [0.1, 0.15) is 45.6 Å². The van der Waals surface area contributed by atoms with Crippen LogP contribution in [0.3, 0.4) is 0 Å². The van der Waals surface area contributed by atoms with Crippen molar-refractivity contribution in [1.29, 1.82) is 0 Å². The fraction of sp³-hybridized carbons (Fsp3) is 0.565. The number of nitrogens with zero attached hydrogens (tertiary/aromatic N) is 1. The Balaban J connectivity index is 1.42. The predicted octanol–water partition coefficient (Wildman–Crippen LogP) is 4.74. The Labute approximate surface area is 164 Å². The lowest BCUT2D eigenvalue weighted by atomic mass is 10.1. The van der Waals surface area contributed by atoms with Crippen molar-refractivity contribution in [2.75, 3.05) is 31.6 Å². The molecule has 2 atom stereocenters. The van der Waals surface area contributed by atoms with E-state index in [1.165, 1.54) is 16.9 Å². The van der Waals surface area contributed by atoms with Crippen LogP contribution in [0.4, 0.5) is 5.69 Å². The van der Waals surface area contributed by atoms with Gasteiger partial charge in [-0.1, -0.05) is 18.2 Å². The van der Waals surface area contributed by atoms with Crippen LogP contribution in [-0.4, -0.2) is 43.3 Å². The molecule has 1 aromatic rings. The molecule has 1 N–H and O–H groups in total. The first kappa shape index (κ1) is 19.8. The molecule has 1 aliphatic heterocycles. The Morgan fingerprint density at radius 3 is 2.78 bits per heavy atom. The van der Waals surface area contributed by atoms with Gasteiger partial charge in [0.15, 0.2) is 0 Å². The molecule has 0 radical (unpaired) electrons. The van der Waals surface area contributed by atoms with E-state index in [1.807, 2.05) is 6.92 Å². The second-order valence-electron chi connectivity index (χ2n) is 7.56. The molecule has 1 aliphatic carbocycles. The maximum absolute atomic E-state index is 5.98. The molecule has 1 saturated heterocycles. The molecule has 0 amide bonds. The van der Waals surface area contributed by atoms with E-state index in [4.69, 9.17) is 9.47 Å². The van der Waals surface area contributed by atoms with Crippen molar-refractivity contribution in [2.45, 2.75) is 58.7 Å². The smallest absolute Gasteiger partial charge is 0.138 e. The maximum atomic E-state index is 5.98. The first-order valence-corrected chi connectivity index (χ1v) is 10.4. The number of ether oxygens (including phenoxy) is 2. The van der Waals surface area contributed by atoms with Crippen LogP contribution in [0.2, 0.25) is 0 Å². The van der Waals surface area contributed by atoms with E-state index < -0.39 is 0 Å². The zero-order chi connectivity index (χ0) is 19.1. The molecule has 27 heavy (non-hydrogen) atoms. The maximum Gasteiger partial charge on any atom is 0.138 e. The minimum Gasteiger partial charge on any atom is -0.487 e. The van der Waals surface area contributed by atoms with Gasteiger partial charge < -0.3 is 19.7 Å². The molecular formula is C23H34N2O2. The summed E-state index contributed by atoms with van der Waals surface area (Å²) in [5.74, 6) is 1.09. The summed E-state index contributed by atoms with van der Waals surface area (Å²) < 4.78 is 11.6. The van der Waals surface area contributed by atoms with Gasteiger partial charge in [-0.05, 0) is 70.2 Å². The lowest BCUT2D eigenvalue weighted by Crippen LogP contribution is -2.39. The number of anilines is 1. The number of fused-ring (bicyclic) bond motifs is 1. The molecule has 0 bridgehead atoms. The van der Waals surface area contributed by atoms with Gasteiger partial charge in [-0.25, -0.2) is 0 Å². The summed E-state index contributed by atoms with van der Waals surface area (Å²) in [7, 11) is 0. The normalized spacial score (nSPS) is 20.3. The molecule has 4 nitrogen and oxygen atoms in total. The van der Waals surface area contributed by atoms with Gasteiger partial charge in [-0.15, -0.1) is 0 Å². The van der Waals surface area contributed by atoms with E-state index in [-0.39, 0.29) is 12.2 Å². The standard InChI is InChI=1S/C23H34N2O2/c1-4-26-18(2)16-20-10-12-21(13-11-20)24-14-7-15-25-17-19(3)27-23-9-6-5-8-22(23)25/h8-13,18-19,24H,4-7,14-17H2,1-3H3. The van der Waals surface area contributed by atoms with Crippen LogP contribution < -0.4 is 5.32 Å². The Morgan fingerprint density at radius 2 is 2.00 bits per heavy atom. The molecule has 2 unspecified atom stereocenters. The van der Waals surface area contributed by atoms with E-state index in [2.05, 4.69) is 60.5 Å². The predicted molar refractivity (Wildman–Crippen MR) is 112 cm³/mol. The summed E-state index contributed by atoms with van der Waals surface area (Å²) in [6.07, 6.45) is 9.42. The van der Waals surface area contributed by atoms with Crippen LogP contribution in [0.5, 0.6) is 0 Å². The highest BCUT2D eigenvalue weighted by molar-refractivity contribution is 5.44. The highest BCUT2D eigenvalue weighted by Gasteiger charge is 2.26. The third kappa shape index (κ3) is 5.77. The molecule has 1 heterocycles. The van der Waals surface area contributed by atoms with Gasteiger partial charge in [0, 0.05) is 25.4 Å². The van der Waals surface area contributed by atoms with E-state index >= 15 is 0 Å². The Morgan fingerprint density at radius 1 is 1.22 bits per heavy atom. The monoisotopic (exact) mass is 370 g/mol. The van der Waals surface area contributed by atoms with Gasteiger partial charge in [0.25, 0.3) is 0 Å². The zero-order valence-electron chi connectivity index (χ0n) is 17.0. The first-order valence-electron chi connectivity index (χ1n) is 10.4. The summed E-state index contributed by atoms with van der Waals surface area (Å²) in [4.78, 5) is 2.49.